The van der Waals surface area contributed by atoms with Crippen LogP contribution in [0.1, 0.15) is 5.01 Å². The molecule has 7 nitrogen and oxygen atoms in total. The Morgan fingerprint density at radius 3 is 2.94 bits per heavy atom. The second-order valence-corrected chi connectivity index (χ2v) is 4.51. The Hall–Kier alpha value is -0.800. The van der Waals surface area contributed by atoms with Crippen LogP contribution in [0.3, 0.4) is 0 Å². The number of anilines is 1. The molecule has 0 aromatic carbocycles. The van der Waals surface area contributed by atoms with Gasteiger partial charge < -0.3 is 9.84 Å². The quantitative estimate of drug-likeness (QED) is 0.431. The van der Waals surface area contributed by atoms with Crippen LogP contribution in [-0.4, -0.2) is 53.6 Å². The van der Waals surface area contributed by atoms with E-state index in [0.717, 1.165) is 5.01 Å². The Morgan fingerprint density at radius 1 is 1.62 bits per heavy atom. The molecule has 1 rings (SSSR count). The van der Waals surface area contributed by atoms with E-state index < -0.39 is 6.10 Å². The molecule has 0 bridgehead atoms. The third kappa shape index (κ3) is 4.37. The molecular weight excluding hydrogens is 230 g/mol. The van der Waals surface area contributed by atoms with Gasteiger partial charge >= 0.3 is 0 Å². The van der Waals surface area contributed by atoms with Crippen LogP contribution in [0, 0.1) is 0 Å². The van der Waals surface area contributed by atoms with E-state index >= 15 is 0 Å². The lowest BCUT2D eigenvalue weighted by atomic mass is 10.3. The van der Waals surface area contributed by atoms with Crippen LogP contribution < -0.4 is 11.3 Å². The van der Waals surface area contributed by atoms with E-state index in [1.165, 1.54) is 11.3 Å². The number of ether oxygens (including phenoxy) is 1. The fraction of sp³-hybridized carbons (Fsp3) is 0.750. The SMILES string of the molecule is COCC(O)CN(C)Cc1nnc(NN)s1. The highest BCUT2D eigenvalue weighted by atomic mass is 32.1. The first kappa shape index (κ1) is 13.3. The Kier molecular flexibility index (Phi) is 5.56. The van der Waals surface area contributed by atoms with Gasteiger partial charge in [-0.1, -0.05) is 11.3 Å². The zero-order chi connectivity index (χ0) is 12.0. The van der Waals surface area contributed by atoms with Crippen LogP contribution in [0.25, 0.3) is 0 Å². The number of hydrogen-bond donors (Lipinski definition) is 3. The summed E-state index contributed by atoms with van der Waals surface area (Å²) in [6, 6.07) is 0. The minimum absolute atomic E-state index is 0.329. The summed E-state index contributed by atoms with van der Waals surface area (Å²) in [6.45, 7) is 1.48. The molecule has 1 heterocycles. The van der Waals surface area contributed by atoms with Crippen molar-refractivity contribution >= 4 is 16.5 Å². The molecule has 8 heteroatoms. The maximum Gasteiger partial charge on any atom is 0.219 e. The molecule has 1 atom stereocenters. The van der Waals surface area contributed by atoms with Crippen LogP contribution >= 0.6 is 11.3 Å². The van der Waals surface area contributed by atoms with Crippen molar-refractivity contribution in [2.45, 2.75) is 12.6 Å². The van der Waals surface area contributed by atoms with Gasteiger partial charge in [-0.2, -0.15) is 0 Å². The van der Waals surface area contributed by atoms with Crippen LogP contribution in [0.4, 0.5) is 5.13 Å². The van der Waals surface area contributed by atoms with Gasteiger partial charge in [0.15, 0.2) is 0 Å². The van der Waals surface area contributed by atoms with Crippen molar-refractivity contribution in [2.75, 3.05) is 32.7 Å². The highest BCUT2D eigenvalue weighted by molar-refractivity contribution is 7.15. The van der Waals surface area contributed by atoms with Crippen molar-refractivity contribution < 1.29 is 9.84 Å². The van der Waals surface area contributed by atoms with Crippen molar-refractivity contribution in [3.05, 3.63) is 5.01 Å². The predicted molar refractivity (Wildman–Crippen MR) is 61.9 cm³/mol. The standard InChI is InChI=1S/C8H17N5O2S/c1-13(3-6(14)5-15-2)4-7-11-12-8(10-9)16-7/h6,14H,3-5,9H2,1-2H3,(H,10,12). The average Bonchev–Trinajstić information content (AvgIpc) is 2.65. The average molecular weight is 247 g/mol. The van der Waals surface area contributed by atoms with Crippen molar-refractivity contribution in [3.8, 4) is 0 Å². The molecule has 0 saturated heterocycles. The van der Waals surface area contributed by atoms with E-state index in [9.17, 15) is 5.11 Å². The van der Waals surface area contributed by atoms with Gasteiger partial charge in [-0.05, 0) is 7.05 Å². The summed E-state index contributed by atoms with van der Waals surface area (Å²) >= 11 is 1.39. The van der Waals surface area contributed by atoms with Crippen molar-refractivity contribution in [1.82, 2.24) is 15.1 Å². The molecule has 1 aromatic rings. The van der Waals surface area contributed by atoms with Gasteiger partial charge in [0.05, 0.1) is 19.3 Å². The molecule has 1 aromatic heterocycles. The number of methoxy groups -OCH3 is 1. The van der Waals surface area contributed by atoms with Crippen molar-refractivity contribution in [2.24, 2.45) is 5.84 Å². The predicted octanol–water partition coefficient (Wildman–Crippen LogP) is -0.737. The van der Waals surface area contributed by atoms with Gasteiger partial charge in [0.2, 0.25) is 5.13 Å². The number of hydrogen-bond acceptors (Lipinski definition) is 8. The lowest BCUT2D eigenvalue weighted by Crippen LogP contribution is -2.31. The summed E-state index contributed by atoms with van der Waals surface area (Å²) in [5.41, 5.74) is 2.44. The maximum absolute atomic E-state index is 9.52. The molecule has 0 amide bonds. The molecule has 0 spiro atoms. The zero-order valence-corrected chi connectivity index (χ0v) is 10.2. The van der Waals surface area contributed by atoms with E-state index in [0.29, 0.717) is 24.8 Å². The fourth-order valence-corrected chi connectivity index (χ4v) is 2.01. The first-order valence-corrected chi connectivity index (χ1v) is 5.62. The topological polar surface area (TPSA) is 96.5 Å². The summed E-state index contributed by atoms with van der Waals surface area (Å²) < 4.78 is 4.85. The highest BCUT2D eigenvalue weighted by Gasteiger charge is 2.10. The van der Waals surface area contributed by atoms with Crippen molar-refractivity contribution in [1.29, 1.82) is 0 Å². The number of likely N-dealkylation sites (N-methyl/N-ethyl adjacent to an activating group) is 1. The van der Waals surface area contributed by atoms with Gasteiger partial charge in [-0.15, -0.1) is 10.2 Å². The summed E-state index contributed by atoms with van der Waals surface area (Å²) in [5, 5.41) is 18.7. The lowest BCUT2D eigenvalue weighted by molar-refractivity contribution is 0.0418. The molecule has 16 heavy (non-hydrogen) atoms. The number of hydrazine groups is 1. The zero-order valence-electron chi connectivity index (χ0n) is 9.38. The summed E-state index contributed by atoms with van der Waals surface area (Å²) in [6.07, 6.45) is -0.491. The first-order chi connectivity index (χ1) is 7.65. The number of nitrogen functional groups attached to an aromatic ring is 1. The van der Waals surface area contributed by atoms with Crippen LogP contribution in [0.2, 0.25) is 0 Å². The van der Waals surface area contributed by atoms with E-state index in [1.807, 2.05) is 11.9 Å². The van der Waals surface area contributed by atoms with E-state index in [1.54, 1.807) is 7.11 Å². The number of rotatable bonds is 7. The summed E-state index contributed by atoms with van der Waals surface area (Å²) in [7, 11) is 3.46. The largest absolute Gasteiger partial charge is 0.389 e. The van der Waals surface area contributed by atoms with E-state index in [-0.39, 0.29) is 0 Å². The highest BCUT2D eigenvalue weighted by Crippen LogP contribution is 2.14. The molecule has 0 fully saturated rings. The normalized spacial score (nSPS) is 13.1. The first-order valence-electron chi connectivity index (χ1n) is 4.80. The van der Waals surface area contributed by atoms with Gasteiger partial charge in [-0.25, -0.2) is 5.84 Å². The Bertz CT molecular complexity index is 308. The number of nitrogens with one attached hydrogen (secondary N) is 1. The Balaban J connectivity index is 2.35. The third-order valence-electron chi connectivity index (χ3n) is 1.88. The van der Waals surface area contributed by atoms with Crippen LogP contribution in [0.5, 0.6) is 0 Å². The van der Waals surface area contributed by atoms with E-state index in [4.69, 9.17) is 10.6 Å². The van der Waals surface area contributed by atoms with Gasteiger partial charge in [0.1, 0.15) is 5.01 Å². The maximum atomic E-state index is 9.52. The number of nitrogens with zero attached hydrogens (tertiary/aromatic N) is 3. The molecule has 0 aliphatic heterocycles. The molecular formula is C8H17N5O2S. The number of aliphatic hydroxyl groups excluding tert-OH is 1. The smallest absolute Gasteiger partial charge is 0.219 e. The Labute approximate surface area is 98.2 Å². The second-order valence-electron chi connectivity index (χ2n) is 3.45. The molecule has 0 aliphatic carbocycles. The minimum atomic E-state index is -0.491. The molecule has 92 valence electrons. The molecule has 0 aliphatic rings. The molecule has 0 saturated carbocycles. The third-order valence-corrected chi connectivity index (χ3v) is 2.72. The van der Waals surface area contributed by atoms with Gasteiger partial charge in [0, 0.05) is 13.7 Å². The van der Waals surface area contributed by atoms with Crippen molar-refractivity contribution in [3.63, 3.8) is 0 Å². The van der Waals surface area contributed by atoms with Gasteiger partial charge in [0.25, 0.3) is 0 Å². The number of nitrogens with two attached hydrogens (primary N) is 1. The second kappa shape index (κ2) is 6.71. The van der Waals surface area contributed by atoms with Crippen LogP contribution in [-0.2, 0) is 11.3 Å². The molecule has 1 unspecified atom stereocenters. The summed E-state index contributed by atoms with van der Waals surface area (Å²) in [4.78, 5) is 1.95. The van der Waals surface area contributed by atoms with E-state index in [2.05, 4.69) is 15.6 Å². The minimum Gasteiger partial charge on any atom is -0.389 e. The summed E-state index contributed by atoms with van der Waals surface area (Å²) in [5.74, 6) is 5.20. The molecule has 0 radical (unpaired) electrons. The number of aromatic nitrogens is 2. The lowest BCUT2D eigenvalue weighted by Gasteiger charge is -2.18. The molecule has 4 N–H and O–H groups in total. The fourth-order valence-electron chi connectivity index (χ4n) is 1.28. The number of aliphatic hydroxyl groups is 1. The van der Waals surface area contributed by atoms with Crippen LogP contribution in [0.15, 0.2) is 0 Å². The monoisotopic (exact) mass is 247 g/mol. The Morgan fingerprint density at radius 2 is 2.38 bits per heavy atom. The van der Waals surface area contributed by atoms with Gasteiger partial charge in [-0.3, -0.25) is 10.3 Å².